The lowest BCUT2D eigenvalue weighted by Crippen LogP contribution is -2.54. The molecule has 1 aromatic carbocycles. The third-order valence-electron chi connectivity index (χ3n) is 9.65. The molecule has 13 heteroatoms. The summed E-state index contributed by atoms with van der Waals surface area (Å²) in [5, 5.41) is 5.89. The molecular weight excluding hydrogens is 642 g/mol. The predicted molar refractivity (Wildman–Crippen MR) is 193 cm³/mol. The van der Waals surface area contributed by atoms with Gasteiger partial charge in [-0.2, -0.15) is 5.10 Å². The van der Waals surface area contributed by atoms with Gasteiger partial charge in [0, 0.05) is 84.8 Å². The van der Waals surface area contributed by atoms with Crippen molar-refractivity contribution in [3.63, 3.8) is 0 Å². The molecule has 0 radical (unpaired) electrons. The number of halogens is 1. The van der Waals surface area contributed by atoms with Crippen LogP contribution < -0.4 is 9.64 Å². The summed E-state index contributed by atoms with van der Waals surface area (Å²) in [6.45, 7) is 19.8. The number of alkyl halides is 1. The van der Waals surface area contributed by atoms with Crippen molar-refractivity contribution in [1.82, 2.24) is 29.5 Å². The van der Waals surface area contributed by atoms with Gasteiger partial charge in [0.1, 0.15) is 41.5 Å². The van der Waals surface area contributed by atoms with Crippen LogP contribution in [0.5, 0.6) is 5.75 Å². The van der Waals surface area contributed by atoms with Crippen LogP contribution >= 0.6 is 0 Å². The molecule has 4 heterocycles. The quantitative estimate of drug-likeness (QED) is 0.162. The zero-order chi connectivity index (χ0) is 35.0. The van der Waals surface area contributed by atoms with E-state index in [2.05, 4.69) is 47.4 Å². The lowest BCUT2D eigenvalue weighted by atomic mass is 9.92. The van der Waals surface area contributed by atoms with Gasteiger partial charge in [0.05, 0.1) is 16.9 Å². The zero-order valence-electron chi connectivity index (χ0n) is 30.4. The highest BCUT2D eigenvalue weighted by atomic mass is 28.3. The van der Waals surface area contributed by atoms with Crippen LogP contribution in [0.25, 0.3) is 22.3 Å². The van der Waals surface area contributed by atoms with Crippen LogP contribution in [0, 0.1) is 0 Å². The minimum absolute atomic E-state index is 0.0900. The summed E-state index contributed by atoms with van der Waals surface area (Å²) in [6, 6.07) is 9.20. The van der Waals surface area contributed by atoms with Gasteiger partial charge in [-0.15, -0.1) is 0 Å². The number of fused-ring (bicyclic) bond motifs is 1. The molecule has 49 heavy (non-hydrogen) atoms. The topological polar surface area (TPSA) is 98.1 Å². The highest BCUT2D eigenvalue weighted by molar-refractivity contribution is 6.76. The fraction of sp³-hybridized carbons (Fsp3) is 0.667. The Bertz CT molecular complexity index is 1620. The Morgan fingerprint density at radius 2 is 1.69 bits per heavy atom. The van der Waals surface area contributed by atoms with Gasteiger partial charge in [-0.1, -0.05) is 19.6 Å². The molecule has 3 aromatic rings. The van der Waals surface area contributed by atoms with E-state index in [1.807, 2.05) is 43.7 Å². The van der Waals surface area contributed by atoms with Gasteiger partial charge >= 0.3 is 6.09 Å². The molecule has 0 unspecified atom stereocenters. The minimum Gasteiger partial charge on any atom is -0.488 e. The largest absolute Gasteiger partial charge is 0.488 e. The summed E-state index contributed by atoms with van der Waals surface area (Å²) in [5.74, 6) is 1.67. The molecule has 11 nitrogen and oxygen atoms in total. The third-order valence-corrected chi connectivity index (χ3v) is 11.4. The Morgan fingerprint density at radius 1 is 0.980 bits per heavy atom. The standard InChI is InChI=1S/C36H54FN7O4Si/c1-34(2,3)48-33(45)43-14-12-36(37,13-15-43)24-41-16-18-42(19-17-41)31-23-30(38-25-39-31)32-28-22-27(47-35(4)10-11-35)8-9-29(28)40-44(32)26-46-20-21-49(5,6)7/h8-9,22-23,25H,10-21,24,26H2,1-7H3. The maximum atomic E-state index is 15.9. The highest BCUT2D eigenvalue weighted by Gasteiger charge is 2.41. The number of likely N-dealkylation sites (tertiary alicyclic amines) is 1. The molecule has 0 spiro atoms. The van der Waals surface area contributed by atoms with E-state index >= 15 is 4.39 Å². The number of carbonyl (C=O) groups excluding carboxylic acids is 1. The third kappa shape index (κ3) is 9.29. The van der Waals surface area contributed by atoms with Crippen LogP contribution in [0.3, 0.4) is 0 Å². The van der Waals surface area contributed by atoms with Crippen molar-refractivity contribution in [2.75, 3.05) is 57.3 Å². The van der Waals surface area contributed by atoms with Crippen molar-refractivity contribution in [3.05, 3.63) is 30.6 Å². The Kier molecular flexibility index (Phi) is 10.00. The molecule has 0 bridgehead atoms. The average molecular weight is 696 g/mol. The molecule has 2 aliphatic heterocycles. The van der Waals surface area contributed by atoms with Gasteiger partial charge in [-0.25, -0.2) is 23.8 Å². The van der Waals surface area contributed by atoms with Gasteiger partial charge in [-0.3, -0.25) is 4.90 Å². The molecule has 268 valence electrons. The zero-order valence-corrected chi connectivity index (χ0v) is 31.4. The Hall–Kier alpha value is -3.29. The monoisotopic (exact) mass is 695 g/mol. The lowest BCUT2D eigenvalue weighted by Gasteiger charge is -2.42. The summed E-state index contributed by atoms with van der Waals surface area (Å²) in [4.78, 5) is 27.9. The number of nitrogens with zero attached hydrogens (tertiary/aromatic N) is 7. The molecule has 0 atom stereocenters. The summed E-state index contributed by atoms with van der Waals surface area (Å²) < 4.78 is 35.8. The number of benzene rings is 1. The second kappa shape index (κ2) is 13.8. The van der Waals surface area contributed by atoms with E-state index in [0.717, 1.165) is 78.9 Å². The second-order valence-corrected chi connectivity index (χ2v) is 22.2. The van der Waals surface area contributed by atoms with Gasteiger partial charge < -0.3 is 24.0 Å². The molecule has 1 aliphatic carbocycles. The summed E-state index contributed by atoms with van der Waals surface area (Å²) in [6.07, 6.45) is 4.01. The van der Waals surface area contributed by atoms with Crippen LogP contribution in [0.15, 0.2) is 30.6 Å². The number of piperazine rings is 1. The minimum atomic E-state index is -1.32. The first-order chi connectivity index (χ1) is 23.1. The predicted octanol–water partition coefficient (Wildman–Crippen LogP) is 6.60. The fourth-order valence-electron chi connectivity index (χ4n) is 6.39. The normalized spacial score (nSPS) is 19.7. The summed E-state index contributed by atoms with van der Waals surface area (Å²) in [7, 11) is -1.23. The van der Waals surface area contributed by atoms with E-state index in [-0.39, 0.29) is 11.7 Å². The SMILES string of the molecule is CC(C)(C)OC(=O)N1CCC(F)(CN2CCN(c3cc(-c4c5cc(OC6(C)CC6)ccc5nn4COCC[Si](C)(C)C)ncn3)CC2)CC1. The molecule has 3 fully saturated rings. The van der Waals surface area contributed by atoms with Crippen molar-refractivity contribution in [1.29, 1.82) is 0 Å². The maximum absolute atomic E-state index is 15.9. The van der Waals surface area contributed by atoms with Crippen molar-refractivity contribution in [3.8, 4) is 17.1 Å². The summed E-state index contributed by atoms with van der Waals surface area (Å²) >= 11 is 0. The van der Waals surface area contributed by atoms with Crippen LogP contribution in [-0.4, -0.2) is 113 Å². The Labute approximate surface area is 291 Å². The first-order valence-corrected chi connectivity index (χ1v) is 21.5. The van der Waals surface area contributed by atoms with E-state index in [0.29, 0.717) is 45.8 Å². The molecule has 6 rings (SSSR count). The van der Waals surface area contributed by atoms with E-state index < -0.39 is 19.3 Å². The van der Waals surface area contributed by atoms with Crippen LogP contribution in [0.1, 0.15) is 53.4 Å². The van der Waals surface area contributed by atoms with Gasteiger partial charge in [0.2, 0.25) is 0 Å². The molecule has 1 amide bonds. The molecular formula is C36H54FN7O4Si. The second-order valence-electron chi connectivity index (χ2n) is 16.6. The van der Waals surface area contributed by atoms with Crippen LogP contribution in [0.2, 0.25) is 25.7 Å². The Balaban J connectivity index is 1.12. The number of carbonyl (C=O) groups is 1. The number of hydrogen-bond donors (Lipinski definition) is 0. The van der Waals surface area contributed by atoms with Crippen molar-refractivity contribution in [2.45, 2.75) is 103 Å². The van der Waals surface area contributed by atoms with Gasteiger partial charge in [0.25, 0.3) is 0 Å². The van der Waals surface area contributed by atoms with Crippen LogP contribution in [0.4, 0.5) is 15.0 Å². The number of anilines is 1. The Morgan fingerprint density at radius 3 is 2.35 bits per heavy atom. The molecule has 3 aliphatic rings. The van der Waals surface area contributed by atoms with E-state index in [4.69, 9.17) is 24.3 Å². The van der Waals surface area contributed by atoms with E-state index in [1.165, 1.54) is 0 Å². The van der Waals surface area contributed by atoms with Gasteiger partial charge in [0.15, 0.2) is 0 Å². The van der Waals surface area contributed by atoms with Gasteiger partial charge in [-0.05, 0) is 64.8 Å². The first-order valence-electron chi connectivity index (χ1n) is 17.8. The number of hydrogen-bond acceptors (Lipinski definition) is 9. The lowest BCUT2D eigenvalue weighted by molar-refractivity contribution is -0.00638. The highest BCUT2D eigenvalue weighted by Crippen LogP contribution is 2.41. The van der Waals surface area contributed by atoms with E-state index in [9.17, 15) is 4.79 Å². The molecule has 1 saturated carbocycles. The van der Waals surface area contributed by atoms with Crippen molar-refractivity contribution < 1.29 is 23.4 Å². The fourth-order valence-corrected chi connectivity index (χ4v) is 7.15. The van der Waals surface area contributed by atoms with Crippen molar-refractivity contribution in [2.24, 2.45) is 0 Å². The van der Waals surface area contributed by atoms with Crippen molar-refractivity contribution >= 4 is 30.9 Å². The molecule has 2 aromatic heterocycles. The number of amides is 1. The number of piperidine rings is 1. The first kappa shape index (κ1) is 35.5. The smallest absolute Gasteiger partial charge is 0.410 e. The number of ether oxygens (including phenoxy) is 3. The van der Waals surface area contributed by atoms with E-state index in [1.54, 1.807) is 11.2 Å². The molecule has 2 saturated heterocycles. The summed E-state index contributed by atoms with van der Waals surface area (Å²) in [5.41, 5.74) is 0.551. The van der Waals surface area contributed by atoms with Crippen LogP contribution in [-0.2, 0) is 16.2 Å². The number of aromatic nitrogens is 4. The molecule has 0 N–H and O–H groups in total. The maximum Gasteiger partial charge on any atom is 0.410 e. The number of rotatable bonds is 11. The average Bonchev–Trinajstić information content (AvgIpc) is 3.64.